The quantitative estimate of drug-likeness (QED) is 0.785. The molecule has 0 saturated heterocycles. The highest BCUT2D eigenvalue weighted by atomic mass is 16.3. The van der Waals surface area contributed by atoms with Gasteiger partial charge in [-0.15, -0.1) is 0 Å². The molecule has 2 aliphatic rings. The molecule has 0 heterocycles. The molecule has 0 amide bonds. The first-order chi connectivity index (χ1) is 10.4. The first-order valence-electron chi connectivity index (χ1n) is 9.78. The van der Waals surface area contributed by atoms with Gasteiger partial charge in [-0.3, -0.25) is 0 Å². The molecule has 2 aliphatic carbocycles. The molecule has 22 heavy (non-hydrogen) atoms. The van der Waals surface area contributed by atoms with Crippen LogP contribution in [0.2, 0.25) is 0 Å². The smallest absolute Gasteiger partial charge is 0.0598 e. The fourth-order valence-corrected chi connectivity index (χ4v) is 6.02. The van der Waals surface area contributed by atoms with Crippen molar-refractivity contribution in [2.45, 2.75) is 85.4 Å². The van der Waals surface area contributed by atoms with E-state index in [2.05, 4.69) is 34.6 Å². The van der Waals surface area contributed by atoms with Crippen molar-refractivity contribution in [1.82, 2.24) is 0 Å². The molecule has 2 N–H and O–H groups in total. The third-order valence-electron chi connectivity index (χ3n) is 7.31. The van der Waals surface area contributed by atoms with Gasteiger partial charge in [-0.25, -0.2) is 0 Å². The Kier molecular flexibility index (Phi) is 6.36. The summed E-state index contributed by atoms with van der Waals surface area (Å²) >= 11 is 0. The van der Waals surface area contributed by atoms with Crippen LogP contribution in [0, 0.1) is 41.4 Å². The summed E-state index contributed by atoms with van der Waals surface area (Å²) in [6, 6.07) is 0. The first kappa shape index (κ1) is 18.3. The Morgan fingerprint density at radius 1 is 1.00 bits per heavy atom. The molecule has 2 rings (SSSR count). The number of aliphatic hydroxyl groups is 2. The highest BCUT2D eigenvalue weighted by Crippen LogP contribution is 2.52. The lowest BCUT2D eigenvalue weighted by Gasteiger charge is -2.53. The number of rotatable bonds is 5. The van der Waals surface area contributed by atoms with E-state index in [1.165, 1.54) is 19.3 Å². The molecule has 0 spiro atoms. The van der Waals surface area contributed by atoms with Gasteiger partial charge in [0.15, 0.2) is 0 Å². The molecule has 9 atom stereocenters. The molecule has 0 aromatic rings. The van der Waals surface area contributed by atoms with E-state index in [9.17, 15) is 10.2 Å². The summed E-state index contributed by atoms with van der Waals surface area (Å²) in [5, 5.41) is 21.2. The van der Waals surface area contributed by atoms with E-state index in [0.717, 1.165) is 25.2 Å². The van der Waals surface area contributed by atoms with Crippen LogP contribution in [-0.4, -0.2) is 22.4 Å². The van der Waals surface area contributed by atoms with Gasteiger partial charge in [0.1, 0.15) is 0 Å². The molecular formula is C20H38O2. The minimum Gasteiger partial charge on any atom is -0.393 e. The predicted octanol–water partition coefficient (Wildman–Crippen LogP) is 4.49. The van der Waals surface area contributed by atoms with Gasteiger partial charge in [0, 0.05) is 5.92 Å². The fourth-order valence-electron chi connectivity index (χ4n) is 6.02. The van der Waals surface area contributed by atoms with E-state index in [0.29, 0.717) is 29.6 Å². The second-order valence-electron chi connectivity index (χ2n) is 8.42. The van der Waals surface area contributed by atoms with Crippen LogP contribution >= 0.6 is 0 Å². The molecule has 9 unspecified atom stereocenters. The number of aliphatic hydroxyl groups excluding tert-OH is 2. The van der Waals surface area contributed by atoms with Crippen LogP contribution in [0.1, 0.15) is 73.1 Å². The number of hydrogen-bond acceptors (Lipinski definition) is 2. The van der Waals surface area contributed by atoms with Gasteiger partial charge < -0.3 is 10.2 Å². The van der Waals surface area contributed by atoms with E-state index in [1.54, 1.807) is 0 Å². The van der Waals surface area contributed by atoms with Crippen LogP contribution in [0.4, 0.5) is 0 Å². The minimum atomic E-state index is -0.300. The molecule has 0 aliphatic heterocycles. The van der Waals surface area contributed by atoms with Crippen molar-refractivity contribution in [3.8, 4) is 0 Å². The Balaban J connectivity index is 2.17. The van der Waals surface area contributed by atoms with Crippen molar-refractivity contribution in [3.63, 3.8) is 0 Å². The van der Waals surface area contributed by atoms with Gasteiger partial charge in [0.2, 0.25) is 0 Å². The van der Waals surface area contributed by atoms with Gasteiger partial charge in [0.25, 0.3) is 0 Å². The lowest BCUT2D eigenvalue weighted by atomic mass is 9.54. The maximum absolute atomic E-state index is 10.8. The van der Waals surface area contributed by atoms with Crippen LogP contribution in [0.3, 0.4) is 0 Å². The molecule has 130 valence electrons. The maximum Gasteiger partial charge on any atom is 0.0598 e. The van der Waals surface area contributed by atoms with Crippen molar-refractivity contribution in [2.24, 2.45) is 41.4 Å². The van der Waals surface area contributed by atoms with Crippen LogP contribution in [0.5, 0.6) is 0 Å². The van der Waals surface area contributed by atoms with Crippen LogP contribution in [-0.2, 0) is 0 Å². The molecule has 2 saturated carbocycles. The molecule has 2 fully saturated rings. The predicted molar refractivity (Wildman–Crippen MR) is 92.5 cm³/mol. The Hall–Kier alpha value is -0.0800. The summed E-state index contributed by atoms with van der Waals surface area (Å²) in [6.45, 7) is 11.8. The first-order valence-corrected chi connectivity index (χ1v) is 9.78. The monoisotopic (exact) mass is 310 g/mol. The summed E-state index contributed by atoms with van der Waals surface area (Å²) in [7, 11) is 0. The summed E-state index contributed by atoms with van der Waals surface area (Å²) in [6.07, 6.45) is 6.12. The third kappa shape index (κ3) is 3.38. The largest absolute Gasteiger partial charge is 0.393 e. The van der Waals surface area contributed by atoms with E-state index < -0.39 is 0 Å². The second-order valence-corrected chi connectivity index (χ2v) is 8.42. The standard InChI is InChI=1S/C20H38O2/c1-6-8-15(7-2)13(4)16-11-18(22)20-17(21)10-9-12(3)19(20)14(16)5/h12-22H,6-11H2,1-5H3. The topological polar surface area (TPSA) is 40.5 Å². The fraction of sp³-hybridized carbons (Fsp3) is 1.00. The maximum atomic E-state index is 10.8. The Labute approximate surface area is 137 Å². The highest BCUT2D eigenvalue weighted by Gasteiger charge is 2.50. The zero-order valence-corrected chi connectivity index (χ0v) is 15.3. The molecule has 2 heteroatoms. The average molecular weight is 311 g/mol. The molecule has 2 nitrogen and oxygen atoms in total. The van der Waals surface area contributed by atoms with Crippen molar-refractivity contribution in [2.75, 3.05) is 0 Å². The normalized spacial score (nSPS) is 45.1. The Bertz CT molecular complexity index is 343. The summed E-state index contributed by atoms with van der Waals surface area (Å²) in [5.74, 6) is 3.96. The van der Waals surface area contributed by atoms with Crippen molar-refractivity contribution >= 4 is 0 Å². The van der Waals surface area contributed by atoms with Gasteiger partial charge >= 0.3 is 0 Å². The van der Waals surface area contributed by atoms with E-state index in [4.69, 9.17) is 0 Å². The number of hydrogen-bond donors (Lipinski definition) is 2. The Morgan fingerprint density at radius 2 is 1.68 bits per heavy atom. The summed E-state index contributed by atoms with van der Waals surface area (Å²) in [4.78, 5) is 0. The minimum absolute atomic E-state index is 0.119. The third-order valence-corrected chi connectivity index (χ3v) is 7.31. The average Bonchev–Trinajstić information content (AvgIpc) is 2.50. The second kappa shape index (κ2) is 7.66. The zero-order valence-electron chi connectivity index (χ0n) is 15.3. The Morgan fingerprint density at radius 3 is 2.27 bits per heavy atom. The molecule has 0 radical (unpaired) electrons. The number of fused-ring (bicyclic) bond motifs is 1. The summed E-state index contributed by atoms with van der Waals surface area (Å²) in [5.41, 5.74) is 0. The van der Waals surface area contributed by atoms with E-state index in [-0.39, 0.29) is 18.1 Å². The van der Waals surface area contributed by atoms with Crippen LogP contribution in [0.15, 0.2) is 0 Å². The molecule has 0 aromatic heterocycles. The van der Waals surface area contributed by atoms with Crippen LogP contribution in [0.25, 0.3) is 0 Å². The van der Waals surface area contributed by atoms with Gasteiger partial charge in [-0.1, -0.05) is 53.9 Å². The molecule has 0 aromatic carbocycles. The van der Waals surface area contributed by atoms with Crippen LogP contribution < -0.4 is 0 Å². The van der Waals surface area contributed by atoms with Gasteiger partial charge in [-0.05, 0) is 54.8 Å². The molecular weight excluding hydrogens is 272 g/mol. The summed E-state index contributed by atoms with van der Waals surface area (Å²) < 4.78 is 0. The SMILES string of the molecule is CCCC(CC)C(C)C1CC(O)C2C(O)CCC(C)C2C1C. The van der Waals surface area contributed by atoms with E-state index in [1.807, 2.05) is 0 Å². The van der Waals surface area contributed by atoms with Crippen molar-refractivity contribution in [1.29, 1.82) is 0 Å². The van der Waals surface area contributed by atoms with Crippen molar-refractivity contribution in [3.05, 3.63) is 0 Å². The lowest BCUT2D eigenvalue weighted by molar-refractivity contribution is -0.133. The van der Waals surface area contributed by atoms with Crippen molar-refractivity contribution < 1.29 is 10.2 Å². The zero-order chi connectivity index (χ0) is 16.4. The van der Waals surface area contributed by atoms with E-state index >= 15 is 0 Å². The highest BCUT2D eigenvalue weighted by molar-refractivity contribution is 4.99. The molecule has 0 bridgehead atoms. The van der Waals surface area contributed by atoms with Gasteiger partial charge in [-0.2, -0.15) is 0 Å². The lowest BCUT2D eigenvalue weighted by Crippen LogP contribution is -2.53. The van der Waals surface area contributed by atoms with Gasteiger partial charge in [0.05, 0.1) is 12.2 Å².